The van der Waals surface area contributed by atoms with E-state index in [-0.39, 0.29) is 11.3 Å². The average Bonchev–Trinajstić information content (AvgIpc) is 3.34. The third-order valence-electron chi connectivity index (χ3n) is 5.87. The molecule has 1 aliphatic carbocycles. The average molecular weight is 447 g/mol. The van der Waals surface area contributed by atoms with Crippen molar-refractivity contribution < 1.29 is 9.32 Å². The summed E-state index contributed by atoms with van der Waals surface area (Å²) in [4.78, 5) is 21.0. The predicted octanol–water partition coefficient (Wildman–Crippen LogP) is 4.73. The van der Waals surface area contributed by atoms with E-state index in [9.17, 15) is 4.79 Å². The Bertz CT molecular complexity index is 1310. The third kappa shape index (κ3) is 3.99. The second-order valence-electron chi connectivity index (χ2n) is 9.32. The number of nitrogens with two attached hydrogens (primary N) is 1. The Balaban J connectivity index is 1.34. The Labute approximate surface area is 190 Å². The molecule has 3 heterocycles. The third-order valence-corrected chi connectivity index (χ3v) is 5.87. The van der Waals surface area contributed by atoms with Gasteiger partial charge in [0.25, 0.3) is 0 Å². The summed E-state index contributed by atoms with van der Waals surface area (Å²) < 4.78 is 7.18. The van der Waals surface area contributed by atoms with E-state index in [2.05, 4.69) is 25.8 Å². The highest BCUT2D eigenvalue weighted by atomic mass is 16.5. The molecular weight excluding hydrogens is 420 g/mol. The number of benzene rings is 1. The Morgan fingerprint density at radius 3 is 2.55 bits per heavy atom. The van der Waals surface area contributed by atoms with Gasteiger partial charge in [0.2, 0.25) is 5.88 Å². The van der Waals surface area contributed by atoms with Gasteiger partial charge in [-0.25, -0.2) is 19.4 Å². The van der Waals surface area contributed by atoms with Crippen molar-refractivity contribution >= 4 is 34.5 Å². The maximum absolute atomic E-state index is 12.4. The molecule has 0 spiro atoms. The SMILES string of the molecule is CC(C)(C)c1cc(NC(=O)Nc2ccc(-c3nn(C4CCC4)c4ncnc(N)c34)cc2)on1. The van der Waals surface area contributed by atoms with Gasteiger partial charge in [-0.05, 0) is 31.4 Å². The molecule has 3 aromatic heterocycles. The fraction of sp³-hybridized carbons (Fsp3) is 0.348. The van der Waals surface area contributed by atoms with E-state index < -0.39 is 6.03 Å². The van der Waals surface area contributed by atoms with Crippen LogP contribution in [0.15, 0.2) is 41.2 Å². The minimum absolute atomic E-state index is 0.167. The number of nitrogens with zero attached hydrogens (tertiary/aromatic N) is 5. The molecule has 10 nitrogen and oxygen atoms in total. The van der Waals surface area contributed by atoms with Gasteiger partial charge in [0, 0.05) is 22.7 Å². The van der Waals surface area contributed by atoms with Crippen LogP contribution in [0, 0.1) is 0 Å². The number of rotatable bonds is 4. The maximum Gasteiger partial charge on any atom is 0.326 e. The summed E-state index contributed by atoms with van der Waals surface area (Å²) in [7, 11) is 0. The number of hydrogen-bond acceptors (Lipinski definition) is 7. The molecule has 0 atom stereocenters. The van der Waals surface area contributed by atoms with Crippen molar-refractivity contribution in [3.8, 4) is 11.3 Å². The number of nitrogens with one attached hydrogen (secondary N) is 2. The number of fused-ring (bicyclic) bond motifs is 1. The molecule has 1 saturated carbocycles. The maximum atomic E-state index is 12.4. The van der Waals surface area contributed by atoms with Crippen molar-refractivity contribution in [1.29, 1.82) is 0 Å². The molecule has 4 N–H and O–H groups in total. The summed E-state index contributed by atoms with van der Waals surface area (Å²) in [6.07, 6.45) is 4.83. The summed E-state index contributed by atoms with van der Waals surface area (Å²) in [6, 6.07) is 9.04. The van der Waals surface area contributed by atoms with Crippen molar-refractivity contribution in [2.24, 2.45) is 0 Å². The quantitative estimate of drug-likeness (QED) is 0.412. The minimum atomic E-state index is -0.420. The second kappa shape index (κ2) is 7.88. The predicted molar refractivity (Wildman–Crippen MR) is 126 cm³/mol. The molecule has 1 fully saturated rings. The molecule has 0 saturated heterocycles. The zero-order valence-electron chi connectivity index (χ0n) is 18.8. The van der Waals surface area contributed by atoms with Crippen LogP contribution in [0.1, 0.15) is 51.8 Å². The lowest BCUT2D eigenvalue weighted by Gasteiger charge is -2.25. The first-order chi connectivity index (χ1) is 15.8. The summed E-state index contributed by atoms with van der Waals surface area (Å²) >= 11 is 0. The Morgan fingerprint density at radius 1 is 1.15 bits per heavy atom. The van der Waals surface area contributed by atoms with Gasteiger partial charge >= 0.3 is 6.03 Å². The lowest BCUT2D eigenvalue weighted by Crippen LogP contribution is -2.19. The number of carbonyl (C=O) groups excluding carboxylic acids is 1. The fourth-order valence-electron chi connectivity index (χ4n) is 3.76. The van der Waals surface area contributed by atoms with Gasteiger partial charge in [-0.2, -0.15) is 5.10 Å². The van der Waals surface area contributed by atoms with Crippen LogP contribution in [0.25, 0.3) is 22.3 Å². The van der Waals surface area contributed by atoms with Crippen LogP contribution in [0.3, 0.4) is 0 Å². The Morgan fingerprint density at radius 2 is 1.91 bits per heavy atom. The van der Waals surface area contributed by atoms with Crippen LogP contribution < -0.4 is 16.4 Å². The highest BCUT2D eigenvalue weighted by Gasteiger charge is 2.26. The number of amides is 2. The normalized spacial score (nSPS) is 14.3. The highest BCUT2D eigenvalue weighted by molar-refractivity contribution is 6.00. The standard InChI is InChI=1S/C23H26N8O2/c1-23(2,3)16-11-17(33-30-16)28-22(32)27-14-9-7-13(8-10-14)19-18-20(24)25-12-26-21(18)31(29-19)15-5-4-6-15/h7-12,15H,4-6H2,1-3H3,(H2,24,25,26)(H2,27,28,32). The monoisotopic (exact) mass is 446 g/mol. The first-order valence-electron chi connectivity index (χ1n) is 10.9. The molecular formula is C23H26N8O2. The molecule has 0 bridgehead atoms. The molecule has 0 radical (unpaired) electrons. The lowest BCUT2D eigenvalue weighted by atomic mass is 9.92. The second-order valence-corrected chi connectivity index (χ2v) is 9.32. The molecule has 33 heavy (non-hydrogen) atoms. The summed E-state index contributed by atoms with van der Waals surface area (Å²) in [5.41, 5.74) is 9.77. The van der Waals surface area contributed by atoms with Crippen molar-refractivity contribution in [2.45, 2.75) is 51.5 Å². The molecule has 0 unspecified atom stereocenters. The van der Waals surface area contributed by atoms with Crippen LogP contribution in [0.4, 0.5) is 22.2 Å². The van der Waals surface area contributed by atoms with Crippen molar-refractivity contribution in [1.82, 2.24) is 24.9 Å². The topological polar surface area (TPSA) is 137 Å². The van der Waals surface area contributed by atoms with E-state index >= 15 is 0 Å². The van der Waals surface area contributed by atoms with Crippen molar-refractivity contribution in [3.05, 3.63) is 42.4 Å². The molecule has 1 aromatic carbocycles. The van der Waals surface area contributed by atoms with Gasteiger partial charge in [0.15, 0.2) is 5.65 Å². The lowest BCUT2D eigenvalue weighted by molar-refractivity contribution is 0.261. The van der Waals surface area contributed by atoms with E-state index in [0.29, 0.717) is 17.5 Å². The number of nitrogen functional groups attached to an aromatic ring is 1. The zero-order valence-corrected chi connectivity index (χ0v) is 18.8. The largest absolute Gasteiger partial charge is 0.383 e. The first kappa shape index (κ1) is 20.9. The summed E-state index contributed by atoms with van der Waals surface area (Å²) in [5.74, 6) is 0.696. The van der Waals surface area contributed by atoms with E-state index in [0.717, 1.165) is 40.8 Å². The van der Waals surface area contributed by atoms with Crippen LogP contribution in [0.2, 0.25) is 0 Å². The summed E-state index contributed by atoms with van der Waals surface area (Å²) in [5, 5.41) is 15.0. The van der Waals surface area contributed by atoms with Gasteiger partial charge in [-0.3, -0.25) is 5.32 Å². The number of aromatic nitrogens is 5. The highest BCUT2D eigenvalue weighted by Crippen LogP contribution is 2.37. The van der Waals surface area contributed by atoms with Crippen LogP contribution in [-0.4, -0.2) is 30.9 Å². The molecule has 10 heteroatoms. The number of carbonyl (C=O) groups is 1. The van der Waals surface area contributed by atoms with Gasteiger partial charge in [0.05, 0.1) is 17.1 Å². The molecule has 5 rings (SSSR count). The van der Waals surface area contributed by atoms with E-state index in [1.54, 1.807) is 6.07 Å². The molecule has 4 aromatic rings. The van der Waals surface area contributed by atoms with E-state index in [1.165, 1.54) is 12.7 Å². The first-order valence-corrected chi connectivity index (χ1v) is 10.9. The van der Waals surface area contributed by atoms with Crippen molar-refractivity contribution in [2.75, 3.05) is 16.4 Å². The van der Waals surface area contributed by atoms with Gasteiger partial charge in [-0.15, -0.1) is 0 Å². The fourth-order valence-corrected chi connectivity index (χ4v) is 3.76. The number of urea groups is 1. The van der Waals surface area contributed by atoms with Crippen molar-refractivity contribution in [3.63, 3.8) is 0 Å². The Hall–Kier alpha value is -3.95. The molecule has 170 valence electrons. The Kier molecular flexibility index (Phi) is 4.99. The van der Waals surface area contributed by atoms with E-state index in [1.807, 2.05) is 49.7 Å². The van der Waals surface area contributed by atoms with E-state index in [4.69, 9.17) is 15.4 Å². The molecule has 2 amide bonds. The zero-order chi connectivity index (χ0) is 23.2. The molecule has 1 aliphatic rings. The van der Waals surface area contributed by atoms with Crippen LogP contribution >= 0.6 is 0 Å². The van der Waals surface area contributed by atoms with Crippen LogP contribution in [-0.2, 0) is 5.41 Å². The molecule has 0 aliphatic heterocycles. The van der Waals surface area contributed by atoms with Gasteiger partial charge in [0.1, 0.15) is 17.8 Å². The minimum Gasteiger partial charge on any atom is -0.383 e. The number of anilines is 3. The van der Waals surface area contributed by atoms with Crippen LogP contribution in [0.5, 0.6) is 0 Å². The smallest absolute Gasteiger partial charge is 0.326 e. The van der Waals surface area contributed by atoms with Gasteiger partial charge < -0.3 is 15.6 Å². The number of hydrogen-bond donors (Lipinski definition) is 3. The summed E-state index contributed by atoms with van der Waals surface area (Å²) in [6.45, 7) is 6.07. The van der Waals surface area contributed by atoms with Gasteiger partial charge in [-0.1, -0.05) is 38.1 Å².